The van der Waals surface area contributed by atoms with Crippen LogP contribution >= 0.6 is 0 Å². The quantitative estimate of drug-likeness (QED) is 0.196. The third-order valence-corrected chi connectivity index (χ3v) is 6.27. The molecule has 0 saturated heterocycles. The molecule has 0 saturated carbocycles. The summed E-state index contributed by atoms with van der Waals surface area (Å²) in [5.74, 6) is 0. The largest absolute Gasteiger partial charge is 0.341 e. The lowest BCUT2D eigenvalue weighted by atomic mass is 10.0. The molecular weight excluding hydrogens is 430 g/mol. The van der Waals surface area contributed by atoms with E-state index in [1.54, 1.807) is 0 Å². The van der Waals surface area contributed by atoms with Crippen LogP contribution in [0.1, 0.15) is 31.9 Å². The summed E-state index contributed by atoms with van der Waals surface area (Å²) in [5, 5.41) is 11.7. The first-order valence-electron chi connectivity index (χ1n) is 11.9. The number of rotatable bonds is 7. The van der Waals surface area contributed by atoms with Gasteiger partial charge < -0.3 is 4.57 Å². The molecule has 5 aromatic rings. The van der Waals surface area contributed by atoms with Crippen LogP contribution in [0.5, 0.6) is 0 Å². The fourth-order valence-electron chi connectivity index (χ4n) is 4.35. The molecule has 5 heteroatoms. The van der Waals surface area contributed by atoms with Crippen molar-refractivity contribution in [3.05, 3.63) is 108 Å². The lowest BCUT2D eigenvalue weighted by molar-refractivity contribution is 0.827. The van der Waals surface area contributed by atoms with E-state index in [2.05, 4.69) is 68.9 Å². The van der Waals surface area contributed by atoms with Crippen LogP contribution in [0.2, 0.25) is 0 Å². The van der Waals surface area contributed by atoms with E-state index in [9.17, 15) is 0 Å². The van der Waals surface area contributed by atoms with Crippen molar-refractivity contribution in [2.24, 2.45) is 10.2 Å². The summed E-state index contributed by atoms with van der Waals surface area (Å²) >= 11 is 0. The molecular formula is C30H29N5. The summed E-state index contributed by atoms with van der Waals surface area (Å²) in [6.45, 7) is 7.17. The molecule has 0 unspecified atom stereocenters. The summed E-state index contributed by atoms with van der Waals surface area (Å²) in [7, 11) is 0. The minimum absolute atomic E-state index is 0.907. The Hall–Kier alpha value is -4.38. The molecule has 0 radical (unpaired) electrons. The van der Waals surface area contributed by atoms with Crippen LogP contribution in [-0.4, -0.2) is 16.0 Å². The van der Waals surface area contributed by atoms with E-state index >= 15 is 0 Å². The van der Waals surface area contributed by atoms with Gasteiger partial charge in [-0.15, -0.1) is 0 Å². The average Bonchev–Trinajstić information content (AvgIpc) is 3.23. The Labute approximate surface area is 205 Å². The lowest BCUT2D eigenvalue weighted by Crippen LogP contribution is -2.00. The highest BCUT2D eigenvalue weighted by Gasteiger charge is 2.13. The molecule has 0 fully saturated rings. The molecule has 2 N–H and O–H groups in total. The molecule has 1 aromatic heterocycles. The molecule has 4 aromatic carbocycles. The standard InChI is InChI=1S/C30H29N5/c1-4-35-29-17-15-23(21(2)31-33-25-11-7-5-8-12-25)19-27(29)28-20-24(16-18-30(28)35)22(3)32-34-26-13-9-6-10-14-26/h5-20,33-34H,4H2,1-3H3/b31-21+,32-22+. The van der Waals surface area contributed by atoms with Crippen LogP contribution in [0.25, 0.3) is 21.8 Å². The van der Waals surface area contributed by atoms with E-state index in [0.29, 0.717) is 0 Å². The second-order valence-corrected chi connectivity index (χ2v) is 8.56. The topological polar surface area (TPSA) is 53.7 Å². The summed E-state index contributed by atoms with van der Waals surface area (Å²) < 4.78 is 2.36. The first kappa shape index (κ1) is 22.4. The van der Waals surface area contributed by atoms with Crippen molar-refractivity contribution in [2.45, 2.75) is 27.3 Å². The van der Waals surface area contributed by atoms with Gasteiger partial charge in [0.2, 0.25) is 0 Å². The van der Waals surface area contributed by atoms with E-state index in [1.807, 2.05) is 74.5 Å². The SMILES string of the molecule is CCn1c2ccc(/C(C)=N/Nc3ccccc3)cc2c2cc(/C(C)=N/Nc3ccccc3)ccc21. The van der Waals surface area contributed by atoms with Gasteiger partial charge in [-0.2, -0.15) is 10.2 Å². The fraction of sp³-hybridized carbons (Fsp3) is 0.133. The van der Waals surface area contributed by atoms with Gasteiger partial charge in [-0.25, -0.2) is 0 Å². The highest BCUT2D eigenvalue weighted by atomic mass is 15.3. The molecule has 0 aliphatic carbocycles. The number of hydrogen-bond acceptors (Lipinski definition) is 4. The number of anilines is 2. The van der Waals surface area contributed by atoms with Crippen LogP contribution in [0.3, 0.4) is 0 Å². The normalized spacial score (nSPS) is 12.3. The third-order valence-electron chi connectivity index (χ3n) is 6.27. The molecule has 0 spiro atoms. The number of hydrazone groups is 2. The molecule has 0 atom stereocenters. The van der Waals surface area contributed by atoms with Gasteiger partial charge in [0.1, 0.15) is 0 Å². The predicted octanol–water partition coefficient (Wildman–Crippen LogP) is 7.49. The van der Waals surface area contributed by atoms with Crippen LogP contribution in [0.15, 0.2) is 107 Å². The van der Waals surface area contributed by atoms with E-state index in [-0.39, 0.29) is 0 Å². The Bertz CT molecular complexity index is 1410. The maximum Gasteiger partial charge on any atom is 0.0648 e. The zero-order valence-corrected chi connectivity index (χ0v) is 20.3. The van der Waals surface area contributed by atoms with Crippen LogP contribution < -0.4 is 10.9 Å². The second-order valence-electron chi connectivity index (χ2n) is 8.56. The van der Waals surface area contributed by atoms with Crippen LogP contribution in [0.4, 0.5) is 11.4 Å². The van der Waals surface area contributed by atoms with E-state index in [4.69, 9.17) is 0 Å². The Morgan fingerprint density at radius 1 is 0.629 bits per heavy atom. The van der Waals surface area contributed by atoms with E-state index in [0.717, 1.165) is 40.5 Å². The van der Waals surface area contributed by atoms with Gasteiger partial charge >= 0.3 is 0 Å². The van der Waals surface area contributed by atoms with Gasteiger partial charge in [-0.1, -0.05) is 48.5 Å². The Balaban J connectivity index is 1.52. The molecule has 1 heterocycles. The first-order chi connectivity index (χ1) is 17.1. The monoisotopic (exact) mass is 459 g/mol. The van der Waals surface area contributed by atoms with Crippen LogP contribution in [-0.2, 0) is 6.54 Å². The first-order valence-corrected chi connectivity index (χ1v) is 11.9. The van der Waals surface area contributed by atoms with Crippen molar-refractivity contribution in [1.29, 1.82) is 0 Å². The van der Waals surface area contributed by atoms with Crippen molar-refractivity contribution < 1.29 is 0 Å². The summed E-state index contributed by atoms with van der Waals surface area (Å²) in [6, 6.07) is 33.2. The highest BCUT2D eigenvalue weighted by molar-refractivity contribution is 6.13. The van der Waals surface area contributed by atoms with Gasteiger partial charge in [0, 0.05) is 28.4 Å². The maximum atomic E-state index is 4.61. The maximum absolute atomic E-state index is 4.61. The summed E-state index contributed by atoms with van der Waals surface area (Å²) in [4.78, 5) is 0. The molecule has 0 amide bonds. The van der Waals surface area contributed by atoms with Crippen molar-refractivity contribution in [2.75, 3.05) is 10.9 Å². The number of benzene rings is 4. The van der Waals surface area contributed by atoms with Crippen molar-refractivity contribution in [3.8, 4) is 0 Å². The number of hydrogen-bond donors (Lipinski definition) is 2. The molecule has 5 nitrogen and oxygen atoms in total. The minimum Gasteiger partial charge on any atom is -0.341 e. The molecule has 0 aliphatic rings. The Morgan fingerprint density at radius 3 is 1.46 bits per heavy atom. The van der Waals surface area contributed by atoms with E-state index < -0.39 is 0 Å². The predicted molar refractivity (Wildman–Crippen MR) is 150 cm³/mol. The molecule has 174 valence electrons. The smallest absolute Gasteiger partial charge is 0.0648 e. The fourth-order valence-corrected chi connectivity index (χ4v) is 4.35. The number of nitrogens with zero attached hydrogens (tertiary/aromatic N) is 3. The number of aromatic nitrogens is 1. The molecule has 0 aliphatic heterocycles. The van der Waals surface area contributed by atoms with Gasteiger partial charge in [-0.05, 0) is 80.4 Å². The van der Waals surface area contributed by atoms with Gasteiger partial charge in [0.15, 0.2) is 0 Å². The molecule has 0 bridgehead atoms. The number of aryl methyl sites for hydroxylation is 1. The van der Waals surface area contributed by atoms with Crippen LogP contribution in [0, 0.1) is 0 Å². The minimum atomic E-state index is 0.907. The number of para-hydroxylation sites is 2. The van der Waals surface area contributed by atoms with Gasteiger partial charge in [0.05, 0.1) is 22.8 Å². The summed E-state index contributed by atoms with van der Waals surface area (Å²) in [5.41, 5.74) is 14.8. The zero-order valence-electron chi connectivity index (χ0n) is 20.3. The molecule has 5 rings (SSSR count). The number of nitrogens with one attached hydrogen (secondary N) is 2. The van der Waals surface area contributed by atoms with Crippen molar-refractivity contribution in [3.63, 3.8) is 0 Å². The van der Waals surface area contributed by atoms with Gasteiger partial charge in [0.25, 0.3) is 0 Å². The average molecular weight is 460 g/mol. The number of fused-ring (bicyclic) bond motifs is 3. The van der Waals surface area contributed by atoms with Gasteiger partial charge in [-0.3, -0.25) is 10.9 Å². The van der Waals surface area contributed by atoms with Crippen molar-refractivity contribution >= 4 is 44.6 Å². The van der Waals surface area contributed by atoms with Crippen molar-refractivity contribution in [1.82, 2.24) is 4.57 Å². The molecule has 35 heavy (non-hydrogen) atoms. The lowest BCUT2D eigenvalue weighted by Gasteiger charge is -2.06. The third kappa shape index (κ3) is 4.66. The second kappa shape index (κ2) is 9.85. The summed E-state index contributed by atoms with van der Waals surface area (Å²) in [6.07, 6.45) is 0. The highest BCUT2D eigenvalue weighted by Crippen LogP contribution is 2.31. The Morgan fingerprint density at radius 2 is 1.06 bits per heavy atom. The Kier molecular flexibility index (Phi) is 6.31. The zero-order chi connectivity index (χ0) is 24.2. The van der Waals surface area contributed by atoms with E-state index in [1.165, 1.54) is 21.8 Å².